The Labute approximate surface area is 122 Å². The van der Waals surface area contributed by atoms with Crippen molar-refractivity contribution in [3.05, 3.63) is 23.8 Å². The van der Waals surface area contributed by atoms with Gasteiger partial charge in [-0.25, -0.2) is 0 Å². The number of terminal acetylenes is 1. The molecule has 0 atom stereocenters. The number of rotatable bonds is 10. The van der Waals surface area contributed by atoms with Crippen molar-refractivity contribution in [2.75, 3.05) is 19.8 Å². The molecule has 0 saturated heterocycles. The van der Waals surface area contributed by atoms with Crippen LogP contribution in [0.2, 0.25) is 0 Å². The Morgan fingerprint density at radius 3 is 2.70 bits per heavy atom. The minimum Gasteiger partial charge on any atom is -0.493 e. The Hall–Kier alpha value is -1.66. The highest BCUT2D eigenvalue weighted by molar-refractivity contribution is 5.40. The molecule has 1 aromatic carbocycles. The maximum absolute atomic E-state index is 5.77. The Morgan fingerprint density at radius 2 is 2.00 bits per heavy atom. The fourth-order valence-electron chi connectivity index (χ4n) is 1.74. The van der Waals surface area contributed by atoms with Gasteiger partial charge in [0.25, 0.3) is 0 Å². The number of hydrogen-bond acceptors (Lipinski definition) is 3. The second kappa shape index (κ2) is 10.2. The van der Waals surface area contributed by atoms with Crippen molar-refractivity contribution < 1.29 is 9.47 Å². The lowest BCUT2D eigenvalue weighted by Gasteiger charge is -2.13. The van der Waals surface area contributed by atoms with Crippen LogP contribution in [0.25, 0.3) is 0 Å². The molecule has 0 aliphatic rings. The first-order chi connectivity index (χ1) is 9.81. The fourth-order valence-corrected chi connectivity index (χ4v) is 1.74. The van der Waals surface area contributed by atoms with Gasteiger partial charge in [0.2, 0.25) is 0 Å². The molecule has 0 radical (unpaired) electrons. The molecule has 0 bridgehead atoms. The van der Waals surface area contributed by atoms with Crippen LogP contribution in [0.15, 0.2) is 18.2 Å². The number of ether oxygens (including phenoxy) is 2. The number of hydrogen-bond donors (Lipinski definition) is 1. The molecular formula is C17H25NO2. The monoisotopic (exact) mass is 275 g/mol. The van der Waals surface area contributed by atoms with E-state index in [1.807, 2.05) is 12.1 Å². The average Bonchev–Trinajstić information content (AvgIpc) is 2.47. The van der Waals surface area contributed by atoms with Gasteiger partial charge in [-0.05, 0) is 25.5 Å². The number of benzene rings is 1. The van der Waals surface area contributed by atoms with E-state index in [9.17, 15) is 0 Å². The summed E-state index contributed by atoms with van der Waals surface area (Å²) in [7, 11) is 0. The van der Waals surface area contributed by atoms with Crippen LogP contribution < -0.4 is 14.8 Å². The zero-order valence-electron chi connectivity index (χ0n) is 12.6. The molecule has 110 valence electrons. The van der Waals surface area contributed by atoms with E-state index < -0.39 is 0 Å². The molecule has 0 fully saturated rings. The van der Waals surface area contributed by atoms with E-state index >= 15 is 0 Å². The second-order valence-corrected chi connectivity index (χ2v) is 4.60. The van der Waals surface area contributed by atoms with Crippen LogP contribution in [0, 0.1) is 12.3 Å². The van der Waals surface area contributed by atoms with Gasteiger partial charge in [-0.2, -0.15) is 0 Å². The molecular weight excluding hydrogens is 250 g/mol. The molecule has 0 unspecified atom stereocenters. The van der Waals surface area contributed by atoms with E-state index in [-0.39, 0.29) is 0 Å². The average molecular weight is 275 g/mol. The Bertz CT molecular complexity index is 423. The van der Waals surface area contributed by atoms with Gasteiger partial charge < -0.3 is 14.8 Å². The van der Waals surface area contributed by atoms with Crippen molar-refractivity contribution in [2.45, 2.75) is 39.7 Å². The van der Waals surface area contributed by atoms with Gasteiger partial charge in [-0.3, -0.25) is 0 Å². The highest BCUT2D eigenvalue weighted by Gasteiger charge is 2.06. The van der Waals surface area contributed by atoms with Crippen molar-refractivity contribution >= 4 is 0 Å². The van der Waals surface area contributed by atoms with E-state index in [1.165, 1.54) is 0 Å². The van der Waals surface area contributed by atoms with E-state index in [0.29, 0.717) is 13.0 Å². The standard InChI is InChI=1S/C17H25NO2/c1-4-7-12-20-17-13-16(19-11-6-3)9-8-15(17)14-18-10-5-2/h1,8-9,13,18H,5-7,10-12,14H2,2-3H3. The second-order valence-electron chi connectivity index (χ2n) is 4.60. The third-order valence-corrected chi connectivity index (χ3v) is 2.76. The molecule has 0 aliphatic carbocycles. The van der Waals surface area contributed by atoms with Gasteiger partial charge in [0.1, 0.15) is 11.5 Å². The zero-order chi connectivity index (χ0) is 14.6. The van der Waals surface area contributed by atoms with Crippen molar-refractivity contribution in [3.63, 3.8) is 0 Å². The fraction of sp³-hybridized carbons (Fsp3) is 0.529. The summed E-state index contributed by atoms with van der Waals surface area (Å²) in [6, 6.07) is 6.00. The third-order valence-electron chi connectivity index (χ3n) is 2.76. The Kier molecular flexibility index (Phi) is 8.33. The van der Waals surface area contributed by atoms with Crippen molar-refractivity contribution in [3.8, 4) is 23.8 Å². The molecule has 0 amide bonds. The van der Waals surface area contributed by atoms with Crippen LogP contribution in [-0.4, -0.2) is 19.8 Å². The van der Waals surface area contributed by atoms with Gasteiger partial charge >= 0.3 is 0 Å². The normalized spacial score (nSPS) is 10.1. The summed E-state index contributed by atoms with van der Waals surface area (Å²) in [6.45, 7) is 7.29. The lowest BCUT2D eigenvalue weighted by atomic mass is 10.2. The minimum atomic E-state index is 0.536. The summed E-state index contributed by atoms with van der Waals surface area (Å²) in [5.74, 6) is 4.29. The third kappa shape index (κ3) is 5.99. The Morgan fingerprint density at radius 1 is 1.15 bits per heavy atom. The first-order valence-electron chi connectivity index (χ1n) is 7.34. The maximum atomic E-state index is 5.77. The van der Waals surface area contributed by atoms with Crippen LogP contribution in [-0.2, 0) is 6.54 Å². The largest absolute Gasteiger partial charge is 0.493 e. The van der Waals surface area contributed by atoms with E-state index in [4.69, 9.17) is 15.9 Å². The summed E-state index contributed by atoms with van der Waals surface area (Å²) in [4.78, 5) is 0. The quantitative estimate of drug-likeness (QED) is 0.524. The number of nitrogens with one attached hydrogen (secondary N) is 1. The summed E-state index contributed by atoms with van der Waals surface area (Å²) in [5.41, 5.74) is 1.14. The van der Waals surface area contributed by atoms with Crippen LogP contribution in [0.1, 0.15) is 38.7 Å². The van der Waals surface area contributed by atoms with Crippen molar-refractivity contribution in [1.82, 2.24) is 5.32 Å². The van der Waals surface area contributed by atoms with Crippen molar-refractivity contribution in [1.29, 1.82) is 0 Å². The molecule has 0 spiro atoms. The summed E-state index contributed by atoms with van der Waals surface area (Å²) >= 11 is 0. The topological polar surface area (TPSA) is 30.5 Å². The first kappa shape index (κ1) is 16.4. The molecule has 20 heavy (non-hydrogen) atoms. The lowest BCUT2D eigenvalue weighted by molar-refractivity contribution is 0.303. The smallest absolute Gasteiger partial charge is 0.127 e. The molecule has 0 heterocycles. The predicted octanol–water partition coefficient (Wildman–Crippen LogP) is 3.38. The predicted molar refractivity (Wildman–Crippen MR) is 83.2 cm³/mol. The van der Waals surface area contributed by atoms with Gasteiger partial charge in [0.05, 0.1) is 13.2 Å². The van der Waals surface area contributed by atoms with Crippen molar-refractivity contribution in [2.24, 2.45) is 0 Å². The molecule has 3 nitrogen and oxygen atoms in total. The maximum Gasteiger partial charge on any atom is 0.127 e. The molecule has 3 heteroatoms. The van der Waals surface area contributed by atoms with Gasteiger partial charge in [0, 0.05) is 24.6 Å². The van der Waals surface area contributed by atoms with Crippen LogP contribution in [0.4, 0.5) is 0 Å². The summed E-state index contributed by atoms with van der Waals surface area (Å²) in [5, 5.41) is 3.38. The van der Waals surface area contributed by atoms with Gasteiger partial charge in [-0.1, -0.05) is 19.9 Å². The van der Waals surface area contributed by atoms with Gasteiger partial charge in [0.15, 0.2) is 0 Å². The SMILES string of the molecule is C#CCCOc1cc(OCCC)ccc1CNCCC. The molecule has 1 aromatic rings. The van der Waals surface area contributed by atoms with E-state index in [2.05, 4.69) is 31.2 Å². The highest BCUT2D eigenvalue weighted by Crippen LogP contribution is 2.25. The molecule has 0 aromatic heterocycles. The van der Waals surface area contributed by atoms with Crippen LogP contribution in [0.5, 0.6) is 11.5 Å². The first-order valence-corrected chi connectivity index (χ1v) is 7.34. The summed E-state index contributed by atoms with van der Waals surface area (Å²) in [6.07, 6.45) is 7.98. The molecule has 0 aliphatic heterocycles. The van der Waals surface area contributed by atoms with E-state index in [1.54, 1.807) is 0 Å². The van der Waals surface area contributed by atoms with E-state index in [0.717, 1.165) is 49.6 Å². The molecule has 1 rings (SSSR count). The van der Waals surface area contributed by atoms with Crippen LogP contribution in [0.3, 0.4) is 0 Å². The Balaban J connectivity index is 2.71. The van der Waals surface area contributed by atoms with Gasteiger partial charge in [-0.15, -0.1) is 12.3 Å². The molecule has 1 N–H and O–H groups in total. The highest BCUT2D eigenvalue weighted by atomic mass is 16.5. The zero-order valence-corrected chi connectivity index (χ0v) is 12.6. The minimum absolute atomic E-state index is 0.536. The molecule has 0 saturated carbocycles. The summed E-state index contributed by atoms with van der Waals surface area (Å²) < 4.78 is 11.4. The lowest BCUT2D eigenvalue weighted by Crippen LogP contribution is -2.15. The van der Waals surface area contributed by atoms with Crippen LogP contribution >= 0.6 is 0 Å².